The van der Waals surface area contributed by atoms with Gasteiger partial charge in [0.1, 0.15) is 11.5 Å². The molecular formula is C31H35N7O2. The zero-order chi connectivity index (χ0) is 32.4. The minimum absolute atomic E-state index is 0.0490. The van der Waals surface area contributed by atoms with Crippen molar-refractivity contribution >= 4 is 28.4 Å². The molecule has 0 saturated carbocycles. The van der Waals surface area contributed by atoms with Crippen molar-refractivity contribution in [1.82, 2.24) is 29.7 Å². The van der Waals surface area contributed by atoms with Crippen molar-refractivity contribution in [2.45, 2.75) is 51.1 Å². The molecule has 2 aliphatic heterocycles. The molecule has 206 valence electrons. The number of carbonyl (C=O) groups is 1. The zero-order valence-corrected chi connectivity index (χ0v) is 22.4. The fourth-order valence-electron chi connectivity index (χ4n) is 6.64. The Hall–Kier alpha value is -3.82. The van der Waals surface area contributed by atoms with Crippen molar-refractivity contribution in [2.75, 3.05) is 32.5 Å². The number of nitrogens with one attached hydrogen (secondary N) is 2. The van der Waals surface area contributed by atoms with Crippen LogP contribution in [0.1, 0.15) is 71.8 Å². The van der Waals surface area contributed by atoms with E-state index in [1.54, 1.807) is 18.5 Å². The van der Waals surface area contributed by atoms with E-state index in [2.05, 4.69) is 20.2 Å². The van der Waals surface area contributed by atoms with Gasteiger partial charge in [-0.1, -0.05) is 6.07 Å². The van der Waals surface area contributed by atoms with Crippen molar-refractivity contribution in [2.24, 2.45) is 7.05 Å². The first-order valence-electron chi connectivity index (χ1n) is 16.8. The predicted octanol–water partition coefficient (Wildman–Crippen LogP) is 4.46. The van der Waals surface area contributed by atoms with Gasteiger partial charge < -0.3 is 24.8 Å². The number of fused-ring (bicyclic) bond motifs is 4. The monoisotopic (exact) mass is 543 g/mol. The topological polar surface area (TPSA) is 97.2 Å². The molecule has 3 aliphatic rings. The molecule has 1 saturated heterocycles. The highest BCUT2D eigenvalue weighted by Gasteiger charge is 2.30. The van der Waals surface area contributed by atoms with Crippen molar-refractivity contribution in [3.8, 4) is 11.3 Å². The van der Waals surface area contributed by atoms with E-state index in [1.807, 2.05) is 19.2 Å². The van der Waals surface area contributed by atoms with Crippen molar-refractivity contribution in [3.05, 3.63) is 64.2 Å². The summed E-state index contributed by atoms with van der Waals surface area (Å²) >= 11 is 0. The van der Waals surface area contributed by atoms with Gasteiger partial charge in [-0.15, -0.1) is 0 Å². The van der Waals surface area contributed by atoms with Crippen LogP contribution in [0.15, 0.2) is 30.6 Å². The summed E-state index contributed by atoms with van der Waals surface area (Å²) in [6.45, 7) is -4.69. The van der Waals surface area contributed by atoms with Crippen LogP contribution in [-0.4, -0.2) is 57.5 Å². The predicted molar refractivity (Wildman–Crippen MR) is 155 cm³/mol. The maximum atomic E-state index is 13.2. The zero-order valence-electron chi connectivity index (χ0n) is 28.4. The molecule has 2 N–H and O–H groups in total. The molecular weight excluding hydrogens is 502 g/mol. The van der Waals surface area contributed by atoms with E-state index in [0.29, 0.717) is 47.4 Å². The smallest absolute Gasteiger partial charge is 0.254 e. The number of amides is 1. The third-order valence-electron chi connectivity index (χ3n) is 8.47. The molecule has 1 aliphatic carbocycles. The molecule has 4 aromatic heterocycles. The molecule has 1 fully saturated rings. The molecule has 7 rings (SSSR count). The SMILES string of the molecule is [2H]C([2H])([2H])N(Cc1nc(Nc2cnc(-c3ccnc4c3c3c(n4C)CCC3)c3c2C(=O)NC3)ccc1C1CCOCC1)C([2H])([2H])[2H]. The fourth-order valence-corrected chi connectivity index (χ4v) is 6.64. The van der Waals surface area contributed by atoms with Gasteiger partial charge in [0.2, 0.25) is 0 Å². The Bertz CT molecular complexity index is 1830. The quantitative estimate of drug-likeness (QED) is 0.371. The van der Waals surface area contributed by atoms with E-state index in [0.717, 1.165) is 65.5 Å². The van der Waals surface area contributed by atoms with Crippen LogP contribution in [0.5, 0.6) is 0 Å². The molecule has 0 aromatic carbocycles. The molecule has 9 heteroatoms. The van der Waals surface area contributed by atoms with E-state index in [1.165, 1.54) is 11.3 Å². The average molecular weight is 544 g/mol. The summed E-state index contributed by atoms with van der Waals surface area (Å²) in [7, 11) is 2.04. The molecule has 0 atom stereocenters. The summed E-state index contributed by atoms with van der Waals surface area (Å²) in [5, 5.41) is 7.27. The summed E-state index contributed by atoms with van der Waals surface area (Å²) < 4.78 is 55.1. The summed E-state index contributed by atoms with van der Waals surface area (Å²) in [6.07, 6.45) is 7.92. The minimum atomic E-state index is -2.86. The number of hydrogen-bond acceptors (Lipinski definition) is 7. The van der Waals surface area contributed by atoms with Gasteiger partial charge in [-0.2, -0.15) is 0 Å². The lowest BCUT2D eigenvalue weighted by Gasteiger charge is -2.25. The summed E-state index contributed by atoms with van der Waals surface area (Å²) in [4.78, 5) is 28.1. The van der Waals surface area contributed by atoms with Crippen molar-refractivity contribution in [1.29, 1.82) is 0 Å². The van der Waals surface area contributed by atoms with Crippen molar-refractivity contribution in [3.63, 3.8) is 0 Å². The van der Waals surface area contributed by atoms with Gasteiger partial charge in [0.05, 0.1) is 28.8 Å². The number of anilines is 2. The van der Waals surface area contributed by atoms with Gasteiger partial charge in [-0.25, -0.2) is 9.97 Å². The lowest BCUT2D eigenvalue weighted by Crippen LogP contribution is -2.20. The number of ether oxygens (including phenoxy) is 1. The Morgan fingerprint density at radius 1 is 1.18 bits per heavy atom. The van der Waals surface area contributed by atoms with Gasteiger partial charge in [0.25, 0.3) is 5.91 Å². The van der Waals surface area contributed by atoms with Crippen LogP contribution in [0.2, 0.25) is 0 Å². The van der Waals surface area contributed by atoms with E-state index in [4.69, 9.17) is 22.9 Å². The van der Waals surface area contributed by atoms with E-state index >= 15 is 0 Å². The van der Waals surface area contributed by atoms with Crippen LogP contribution in [0.4, 0.5) is 11.5 Å². The molecule has 9 nitrogen and oxygen atoms in total. The van der Waals surface area contributed by atoms with Gasteiger partial charge >= 0.3 is 0 Å². The van der Waals surface area contributed by atoms with Gasteiger partial charge in [0.15, 0.2) is 0 Å². The molecule has 0 unspecified atom stereocenters. The van der Waals surface area contributed by atoms with Crippen LogP contribution < -0.4 is 10.6 Å². The molecule has 1 amide bonds. The third kappa shape index (κ3) is 4.15. The highest BCUT2D eigenvalue weighted by Crippen LogP contribution is 2.40. The highest BCUT2D eigenvalue weighted by molar-refractivity contribution is 6.07. The van der Waals surface area contributed by atoms with Gasteiger partial charge in [-0.05, 0) is 75.2 Å². The number of aromatic nitrogens is 4. The van der Waals surface area contributed by atoms with Crippen LogP contribution in [0.3, 0.4) is 0 Å². The van der Waals surface area contributed by atoms with E-state index < -0.39 is 20.5 Å². The minimum Gasteiger partial charge on any atom is -0.381 e. The maximum absolute atomic E-state index is 13.2. The largest absolute Gasteiger partial charge is 0.381 e. The molecule has 0 spiro atoms. The third-order valence-corrected chi connectivity index (χ3v) is 8.47. The second-order valence-corrected chi connectivity index (χ2v) is 10.8. The number of carbonyl (C=O) groups excluding carboxylic acids is 1. The second kappa shape index (κ2) is 9.98. The first kappa shape index (κ1) is 19.3. The number of nitrogens with zero attached hydrogens (tertiary/aromatic N) is 5. The summed E-state index contributed by atoms with van der Waals surface area (Å²) in [5.41, 5.74) is 7.99. The van der Waals surface area contributed by atoms with Crippen LogP contribution in [0.25, 0.3) is 22.3 Å². The van der Waals surface area contributed by atoms with Crippen LogP contribution >= 0.6 is 0 Å². The lowest BCUT2D eigenvalue weighted by molar-refractivity contribution is 0.0849. The van der Waals surface area contributed by atoms with E-state index in [-0.39, 0.29) is 11.8 Å². The summed E-state index contributed by atoms with van der Waals surface area (Å²) in [5.74, 6) is 0.165. The van der Waals surface area contributed by atoms with E-state index in [9.17, 15) is 4.79 Å². The first-order chi connectivity index (χ1) is 21.9. The summed E-state index contributed by atoms with van der Waals surface area (Å²) in [6, 6.07) is 5.60. The first-order valence-corrected chi connectivity index (χ1v) is 13.8. The number of rotatable bonds is 6. The average Bonchev–Trinajstić information content (AvgIpc) is 3.72. The lowest BCUT2D eigenvalue weighted by atomic mass is 9.90. The Kier molecular flexibility index (Phi) is 4.81. The maximum Gasteiger partial charge on any atom is 0.254 e. The molecule has 0 bridgehead atoms. The van der Waals surface area contributed by atoms with Gasteiger partial charge in [-0.3, -0.25) is 9.78 Å². The number of aryl methyl sites for hydroxylation is 2. The van der Waals surface area contributed by atoms with Gasteiger partial charge in [0, 0.05) is 70.0 Å². The molecule has 0 radical (unpaired) electrons. The Morgan fingerprint density at radius 2 is 2.05 bits per heavy atom. The van der Waals surface area contributed by atoms with Crippen LogP contribution in [0, 0.1) is 0 Å². The Balaban J connectivity index is 1.29. The van der Waals surface area contributed by atoms with Crippen molar-refractivity contribution < 1.29 is 17.8 Å². The number of hydrogen-bond donors (Lipinski definition) is 2. The molecule has 40 heavy (non-hydrogen) atoms. The fraction of sp³-hybridized carbons (Fsp3) is 0.419. The standard InChI is InChI=1S/C31H35N7O2/c1-37(2)17-24-19(18-10-13-40-14-11-18)7-8-26(36-24)35-23-16-33-29(22-15-34-31(39)28(22)23)21-9-12-32-30-27(21)20-5-4-6-25(20)38(30)3/h7-9,12,16,18H,4-6,10-11,13-15,17H2,1-3H3,(H,34,39)(H,35,36)/i1D3,2D3. The molecule has 4 aromatic rings. The normalized spacial score (nSPS) is 19.8. The second-order valence-electron chi connectivity index (χ2n) is 10.8. The van der Waals surface area contributed by atoms with Crippen LogP contribution in [-0.2, 0) is 37.7 Å². The highest BCUT2D eigenvalue weighted by atomic mass is 16.5. The Labute approximate surface area is 242 Å². The number of pyridine rings is 3. The molecule has 6 heterocycles. The Morgan fingerprint density at radius 3 is 2.90 bits per heavy atom.